The summed E-state index contributed by atoms with van der Waals surface area (Å²) in [6.45, 7) is 3.34. The quantitative estimate of drug-likeness (QED) is 0.566. The number of rotatable bonds is 6. The normalized spacial score (nSPS) is 15.9. The summed E-state index contributed by atoms with van der Waals surface area (Å²) in [6, 6.07) is 4.80. The first-order chi connectivity index (χ1) is 11.9. The van der Waals surface area contributed by atoms with Gasteiger partial charge < -0.3 is 14.2 Å². The van der Waals surface area contributed by atoms with Gasteiger partial charge in [0.1, 0.15) is 0 Å². The fourth-order valence-corrected chi connectivity index (χ4v) is 3.13. The molecule has 1 heterocycles. The number of methoxy groups -OCH3 is 2. The Labute approximate surface area is 149 Å². The van der Waals surface area contributed by atoms with Crippen molar-refractivity contribution in [1.82, 2.24) is 4.90 Å². The highest BCUT2D eigenvalue weighted by Crippen LogP contribution is 2.35. The number of amides is 2. The predicted molar refractivity (Wildman–Crippen MR) is 93.5 cm³/mol. The molecule has 25 heavy (non-hydrogen) atoms. The van der Waals surface area contributed by atoms with Gasteiger partial charge >= 0.3 is 5.97 Å². The van der Waals surface area contributed by atoms with Crippen LogP contribution in [0, 0.1) is 0 Å². The van der Waals surface area contributed by atoms with Gasteiger partial charge in [-0.15, -0.1) is 0 Å². The highest BCUT2D eigenvalue weighted by molar-refractivity contribution is 8.18. The second kappa shape index (κ2) is 8.06. The molecule has 1 aliphatic rings. The van der Waals surface area contributed by atoms with Crippen LogP contribution in [-0.4, -0.2) is 48.9 Å². The van der Waals surface area contributed by atoms with Gasteiger partial charge in [0.15, 0.2) is 18.1 Å². The van der Waals surface area contributed by atoms with E-state index >= 15 is 0 Å². The van der Waals surface area contributed by atoms with Gasteiger partial charge in [0.2, 0.25) is 0 Å². The van der Waals surface area contributed by atoms with E-state index in [1.807, 2.05) is 0 Å². The summed E-state index contributed by atoms with van der Waals surface area (Å²) in [7, 11) is 2.74. The SMILES string of the molecule is COC(=O)COc1ccc(/C=C2/SC(=O)N(C(C)C)C2=O)cc1OC. The van der Waals surface area contributed by atoms with Gasteiger partial charge in [-0.05, 0) is 49.4 Å². The minimum atomic E-state index is -0.506. The molecule has 7 nitrogen and oxygen atoms in total. The van der Waals surface area contributed by atoms with Crippen LogP contribution in [0.15, 0.2) is 23.1 Å². The summed E-state index contributed by atoms with van der Waals surface area (Å²) in [5.41, 5.74) is 0.677. The van der Waals surface area contributed by atoms with E-state index in [9.17, 15) is 14.4 Å². The molecule has 8 heteroatoms. The van der Waals surface area contributed by atoms with Gasteiger partial charge in [-0.3, -0.25) is 14.5 Å². The van der Waals surface area contributed by atoms with Crippen LogP contribution in [0.4, 0.5) is 4.79 Å². The standard InChI is InChI=1S/C17H19NO6S/c1-10(2)18-16(20)14(25-17(18)21)8-11-5-6-12(13(7-11)22-3)24-9-15(19)23-4/h5-8,10H,9H2,1-4H3/b14-8+. The Kier molecular flexibility index (Phi) is 6.08. The largest absolute Gasteiger partial charge is 0.493 e. The maximum atomic E-state index is 12.3. The highest BCUT2D eigenvalue weighted by Gasteiger charge is 2.36. The summed E-state index contributed by atoms with van der Waals surface area (Å²) < 4.78 is 15.1. The molecule has 0 radical (unpaired) electrons. The third-order valence-electron chi connectivity index (χ3n) is 3.40. The molecule has 0 saturated carbocycles. The zero-order valence-electron chi connectivity index (χ0n) is 14.4. The van der Waals surface area contributed by atoms with Crippen molar-refractivity contribution in [3.63, 3.8) is 0 Å². The Hall–Kier alpha value is -2.48. The fourth-order valence-electron chi connectivity index (χ4n) is 2.17. The van der Waals surface area contributed by atoms with Gasteiger partial charge in [-0.25, -0.2) is 4.79 Å². The lowest BCUT2D eigenvalue weighted by atomic mass is 10.2. The Bertz CT molecular complexity index is 728. The summed E-state index contributed by atoms with van der Waals surface area (Å²) in [5, 5.41) is -0.281. The second-order valence-electron chi connectivity index (χ2n) is 5.42. The van der Waals surface area contributed by atoms with Gasteiger partial charge in [0.05, 0.1) is 19.1 Å². The van der Waals surface area contributed by atoms with E-state index in [1.165, 1.54) is 19.1 Å². The van der Waals surface area contributed by atoms with E-state index < -0.39 is 5.97 Å². The van der Waals surface area contributed by atoms with Crippen molar-refractivity contribution in [2.45, 2.75) is 19.9 Å². The summed E-state index contributed by atoms with van der Waals surface area (Å²) in [5.74, 6) is -0.0375. The average Bonchev–Trinajstić information content (AvgIpc) is 2.86. The molecule has 134 valence electrons. The van der Waals surface area contributed by atoms with Crippen LogP contribution < -0.4 is 9.47 Å². The van der Waals surface area contributed by atoms with Gasteiger partial charge in [0.25, 0.3) is 11.1 Å². The molecule has 0 unspecified atom stereocenters. The van der Waals surface area contributed by atoms with E-state index in [-0.39, 0.29) is 23.8 Å². The van der Waals surface area contributed by atoms with Crippen molar-refractivity contribution < 1.29 is 28.6 Å². The number of imide groups is 1. The molecule has 2 rings (SSSR count). The van der Waals surface area contributed by atoms with E-state index in [1.54, 1.807) is 38.1 Å². The maximum absolute atomic E-state index is 12.3. The molecule has 0 atom stereocenters. The molecular formula is C17H19NO6S. The molecule has 0 N–H and O–H groups in total. The molecule has 0 bridgehead atoms. The van der Waals surface area contributed by atoms with Crippen molar-refractivity contribution in [2.75, 3.05) is 20.8 Å². The topological polar surface area (TPSA) is 82.1 Å². The van der Waals surface area contributed by atoms with Crippen molar-refractivity contribution in [2.24, 2.45) is 0 Å². The van der Waals surface area contributed by atoms with Crippen LogP contribution in [0.25, 0.3) is 6.08 Å². The number of thioether (sulfide) groups is 1. The number of hydrogen-bond donors (Lipinski definition) is 0. The van der Waals surface area contributed by atoms with Gasteiger partial charge in [-0.1, -0.05) is 6.07 Å². The Morgan fingerprint density at radius 3 is 2.52 bits per heavy atom. The Morgan fingerprint density at radius 1 is 1.24 bits per heavy atom. The lowest BCUT2D eigenvalue weighted by Crippen LogP contribution is -2.34. The zero-order chi connectivity index (χ0) is 18.6. The molecule has 0 spiro atoms. The van der Waals surface area contributed by atoms with E-state index in [2.05, 4.69) is 4.74 Å². The first kappa shape index (κ1) is 18.9. The number of hydrogen-bond acceptors (Lipinski definition) is 7. The van der Waals surface area contributed by atoms with Crippen LogP contribution in [-0.2, 0) is 14.3 Å². The van der Waals surface area contributed by atoms with Crippen LogP contribution >= 0.6 is 11.8 Å². The molecule has 1 aromatic rings. The van der Waals surface area contributed by atoms with E-state index in [0.29, 0.717) is 22.0 Å². The van der Waals surface area contributed by atoms with Crippen molar-refractivity contribution in [3.05, 3.63) is 28.7 Å². The monoisotopic (exact) mass is 365 g/mol. The van der Waals surface area contributed by atoms with Crippen molar-refractivity contribution in [1.29, 1.82) is 0 Å². The molecule has 1 saturated heterocycles. The Morgan fingerprint density at radius 2 is 1.96 bits per heavy atom. The molecule has 0 aromatic heterocycles. The average molecular weight is 365 g/mol. The number of benzene rings is 1. The lowest BCUT2D eigenvalue weighted by Gasteiger charge is -2.16. The number of nitrogens with zero attached hydrogens (tertiary/aromatic N) is 1. The molecule has 0 aliphatic carbocycles. The third kappa shape index (κ3) is 4.33. The second-order valence-corrected chi connectivity index (χ2v) is 6.41. The maximum Gasteiger partial charge on any atom is 0.343 e. The fraction of sp³-hybridized carbons (Fsp3) is 0.353. The highest BCUT2D eigenvalue weighted by atomic mass is 32.2. The van der Waals surface area contributed by atoms with Crippen LogP contribution in [0.3, 0.4) is 0 Å². The van der Waals surface area contributed by atoms with Crippen molar-refractivity contribution >= 4 is 35.0 Å². The minimum Gasteiger partial charge on any atom is -0.493 e. The van der Waals surface area contributed by atoms with E-state index in [4.69, 9.17) is 9.47 Å². The molecule has 1 aliphatic heterocycles. The van der Waals surface area contributed by atoms with Gasteiger partial charge in [-0.2, -0.15) is 0 Å². The van der Waals surface area contributed by atoms with Crippen molar-refractivity contribution in [3.8, 4) is 11.5 Å². The van der Waals surface area contributed by atoms with E-state index in [0.717, 1.165) is 11.8 Å². The predicted octanol–water partition coefficient (Wildman–Crippen LogP) is 2.69. The first-order valence-electron chi connectivity index (χ1n) is 7.52. The molecule has 2 amide bonds. The minimum absolute atomic E-state index is 0.193. The number of carbonyl (C=O) groups is 3. The summed E-state index contributed by atoms with van der Waals surface area (Å²) in [4.78, 5) is 37.0. The number of esters is 1. The molecular weight excluding hydrogens is 346 g/mol. The van der Waals surface area contributed by atoms with Crippen LogP contribution in [0.1, 0.15) is 19.4 Å². The number of carbonyl (C=O) groups excluding carboxylic acids is 3. The number of ether oxygens (including phenoxy) is 3. The summed E-state index contributed by atoms with van der Waals surface area (Å²) >= 11 is 0.905. The third-order valence-corrected chi connectivity index (χ3v) is 4.28. The smallest absolute Gasteiger partial charge is 0.343 e. The first-order valence-corrected chi connectivity index (χ1v) is 8.33. The Balaban J connectivity index is 2.22. The zero-order valence-corrected chi connectivity index (χ0v) is 15.2. The van der Waals surface area contributed by atoms with Crippen LogP contribution in [0.5, 0.6) is 11.5 Å². The van der Waals surface area contributed by atoms with Crippen LogP contribution in [0.2, 0.25) is 0 Å². The molecule has 1 aromatic carbocycles. The van der Waals surface area contributed by atoms with Gasteiger partial charge in [0, 0.05) is 6.04 Å². The molecule has 1 fully saturated rings. The lowest BCUT2D eigenvalue weighted by molar-refractivity contribution is -0.143. The summed E-state index contributed by atoms with van der Waals surface area (Å²) in [6.07, 6.45) is 1.62.